The first-order chi connectivity index (χ1) is 7.92. The number of carbonyl (C=O) groups is 3. The Hall–Kier alpha value is -1.67. The molecule has 0 saturated carbocycles. The standard InChI is InChI=1S/C9H17N3O5/c1-17-6(4-10)8(14)12-5(9(15)16)2-3-7(11)13/h5-6H,2-4,10H2,1H3,(H2,11,13)(H,12,14)(H,15,16). The molecule has 2 unspecified atom stereocenters. The van der Waals surface area contributed by atoms with E-state index in [4.69, 9.17) is 21.3 Å². The molecule has 17 heavy (non-hydrogen) atoms. The lowest BCUT2D eigenvalue weighted by atomic mass is 10.1. The van der Waals surface area contributed by atoms with E-state index in [0.717, 1.165) is 0 Å². The van der Waals surface area contributed by atoms with E-state index in [-0.39, 0.29) is 19.4 Å². The third-order valence-corrected chi connectivity index (χ3v) is 2.09. The summed E-state index contributed by atoms with van der Waals surface area (Å²) in [6.45, 7) is -0.0650. The van der Waals surface area contributed by atoms with Gasteiger partial charge in [-0.05, 0) is 6.42 Å². The Bertz CT molecular complexity index is 290. The summed E-state index contributed by atoms with van der Waals surface area (Å²) in [5.74, 6) is -2.51. The summed E-state index contributed by atoms with van der Waals surface area (Å²) in [7, 11) is 1.29. The van der Waals surface area contributed by atoms with Gasteiger partial charge in [-0.1, -0.05) is 0 Å². The fourth-order valence-corrected chi connectivity index (χ4v) is 1.12. The minimum Gasteiger partial charge on any atom is -0.480 e. The van der Waals surface area contributed by atoms with Gasteiger partial charge >= 0.3 is 5.97 Å². The van der Waals surface area contributed by atoms with Gasteiger partial charge in [0.1, 0.15) is 12.1 Å². The Balaban J connectivity index is 4.38. The van der Waals surface area contributed by atoms with E-state index in [2.05, 4.69) is 5.32 Å². The summed E-state index contributed by atoms with van der Waals surface area (Å²) >= 11 is 0. The van der Waals surface area contributed by atoms with Crippen LogP contribution >= 0.6 is 0 Å². The lowest BCUT2D eigenvalue weighted by molar-refractivity contribution is -0.144. The van der Waals surface area contributed by atoms with Crippen molar-refractivity contribution in [3.8, 4) is 0 Å². The Kier molecular flexibility index (Phi) is 6.83. The molecule has 0 saturated heterocycles. The highest BCUT2D eigenvalue weighted by Crippen LogP contribution is 1.99. The lowest BCUT2D eigenvalue weighted by Gasteiger charge is -2.17. The van der Waals surface area contributed by atoms with E-state index < -0.39 is 29.9 Å². The number of methoxy groups -OCH3 is 1. The smallest absolute Gasteiger partial charge is 0.326 e. The van der Waals surface area contributed by atoms with Gasteiger partial charge in [0.25, 0.3) is 5.91 Å². The fraction of sp³-hybridized carbons (Fsp3) is 0.667. The Morgan fingerprint density at radius 1 is 1.41 bits per heavy atom. The highest BCUT2D eigenvalue weighted by molar-refractivity contribution is 5.86. The van der Waals surface area contributed by atoms with E-state index in [1.165, 1.54) is 7.11 Å². The van der Waals surface area contributed by atoms with Crippen molar-refractivity contribution in [1.29, 1.82) is 0 Å². The van der Waals surface area contributed by atoms with Crippen molar-refractivity contribution in [2.24, 2.45) is 11.5 Å². The maximum Gasteiger partial charge on any atom is 0.326 e. The second kappa shape index (κ2) is 7.58. The van der Waals surface area contributed by atoms with Gasteiger partial charge in [0.15, 0.2) is 0 Å². The number of nitrogens with one attached hydrogen (secondary N) is 1. The van der Waals surface area contributed by atoms with Crippen LogP contribution in [0.3, 0.4) is 0 Å². The second-order valence-corrected chi connectivity index (χ2v) is 3.36. The van der Waals surface area contributed by atoms with Crippen LogP contribution in [-0.2, 0) is 19.1 Å². The van der Waals surface area contributed by atoms with Crippen molar-refractivity contribution < 1.29 is 24.2 Å². The van der Waals surface area contributed by atoms with Crippen LogP contribution in [0.25, 0.3) is 0 Å². The molecular formula is C9H17N3O5. The van der Waals surface area contributed by atoms with Crippen molar-refractivity contribution in [1.82, 2.24) is 5.32 Å². The topological polar surface area (TPSA) is 145 Å². The zero-order chi connectivity index (χ0) is 13.4. The number of carboxylic acids is 1. The first kappa shape index (κ1) is 15.3. The number of aliphatic carboxylic acids is 1. The van der Waals surface area contributed by atoms with E-state index in [0.29, 0.717) is 0 Å². The molecule has 0 aliphatic heterocycles. The summed E-state index contributed by atoms with van der Waals surface area (Å²) in [4.78, 5) is 32.8. The number of primary amides is 1. The Labute approximate surface area is 98.3 Å². The maximum atomic E-state index is 11.5. The normalized spacial score (nSPS) is 13.8. The number of hydrogen-bond acceptors (Lipinski definition) is 5. The van der Waals surface area contributed by atoms with Crippen LogP contribution in [0.5, 0.6) is 0 Å². The van der Waals surface area contributed by atoms with Crippen molar-refractivity contribution >= 4 is 17.8 Å². The van der Waals surface area contributed by atoms with Gasteiger partial charge in [0, 0.05) is 20.1 Å². The summed E-state index contributed by atoms with van der Waals surface area (Å²) < 4.78 is 4.75. The molecule has 0 aromatic heterocycles. The van der Waals surface area contributed by atoms with Gasteiger partial charge in [-0.15, -0.1) is 0 Å². The third kappa shape index (κ3) is 5.83. The molecule has 0 bridgehead atoms. The molecule has 0 aromatic carbocycles. The predicted octanol–water partition coefficient (Wildman–Crippen LogP) is -2.20. The zero-order valence-corrected chi connectivity index (χ0v) is 9.51. The first-order valence-corrected chi connectivity index (χ1v) is 4.96. The molecule has 2 atom stereocenters. The van der Waals surface area contributed by atoms with Crippen LogP contribution in [0.1, 0.15) is 12.8 Å². The molecule has 8 heteroatoms. The zero-order valence-electron chi connectivity index (χ0n) is 9.51. The van der Waals surface area contributed by atoms with Crippen molar-refractivity contribution in [3.05, 3.63) is 0 Å². The van der Waals surface area contributed by atoms with Gasteiger partial charge in [-0.3, -0.25) is 9.59 Å². The van der Waals surface area contributed by atoms with Crippen LogP contribution in [0.4, 0.5) is 0 Å². The third-order valence-electron chi connectivity index (χ3n) is 2.09. The minimum absolute atomic E-state index is 0.0650. The SMILES string of the molecule is COC(CN)C(=O)NC(CCC(N)=O)C(=O)O. The van der Waals surface area contributed by atoms with E-state index in [1.54, 1.807) is 0 Å². The van der Waals surface area contributed by atoms with Crippen LogP contribution in [0, 0.1) is 0 Å². The number of carboxylic acid groups (broad SMARTS) is 1. The molecule has 0 fully saturated rings. The lowest BCUT2D eigenvalue weighted by Crippen LogP contribution is -2.48. The molecule has 0 radical (unpaired) electrons. The monoisotopic (exact) mass is 247 g/mol. The van der Waals surface area contributed by atoms with Crippen LogP contribution < -0.4 is 16.8 Å². The summed E-state index contributed by atoms with van der Waals surface area (Å²) in [6, 6.07) is -1.18. The van der Waals surface area contributed by atoms with E-state index in [9.17, 15) is 14.4 Å². The molecule has 0 aromatic rings. The summed E-state index contributed by atoms with van der Waals surface area (Å²) in [6.07, 6.45) is -1.11. The quantitative estimate of drug-likeness (QED) is 0.383. The number of nitrogens with two attached hydrogens (primary N) is 2. The van der Waals surface area contributed by atoms with Crippen molar-refractivity contribution in [3.63, 3.8) is 0 Å². The summed E-state index contributed by atoms with van der Waals surface area (Å²) in [5.41, 5.74) is 10.1. The van der Waals surface area contributed by atoms with Gasteiger partial charge in [0.05, 0.1) is 0 Å². The fourth-order valence-electron chi connectivity index (χ4n) is 1.12. The van der Waals surface area contributed by atoms with Gasteiger partial charge < -0.3 is 26.6 Å². The molecule has 0 aliphatic carbocycles. The van der Waals surface area contributed by atoms with Crippen LogP contribution in [0.2, 0.25) is 0 Å². The minimum atomic E-state index is -1.24. The maximum absolute atomic E-state index is 11.5. The van der Waals surface area contributed by atoms with Crippen LogP contribution in [0.15, 0.2) is 0 Å². The molecule has 0 aliphatic rings. The molecule has 98 valence electrons. The number of carbonyl (C=O) groups excluding carboxylic acids is 2. The van der Waals surface area contributed by atoms with Crippen LogP contribution in [-0.4, -0.2) is 48.7 Å². The van der Waals surface area contributed by atoms with Gasteiger partial charge in [-0.2, -0.15) is 0 Å². The predicted molar refractivity (Wildman–Crippen MR) is 57.8 cm³/mol. The number of amides is 2. The molecule has 0 heterocycles. The Morgan fingerprint density at radius 2 is 2.00 bits per heavy atom. The number of rotatable bonds is 8. The molecule has 0 spiro atoms. The van der Waals surface area contributed by atoms with E-state index in [1.807, 2.05) is 0 Å². The largest absolute Gasteiger partial charge is 0.480 e. The average molecular weight is 247 g/mol. The molecule has 2 amide bonds. The number of ether oxygens (including phenoxy) is 1. The highest BCUT2D eigenvalue weighted by atomic mass is 16.5. The van der Waals surface area contributed by atoms with E-state index >= 15 is 0 Å². The van der Waals surface area contributed by atoms with Gasteiger partial charge in [0.2, 0.25) is 5.91 Å². The average Bonchev–Trinajstić information content (AvgIpc) is 2.25. The first-order valence-electron chi connectivity index (χ1n) is 4.96. The molecule has 0 rings (SSSR count). The number of hydrogen-bond donors (Lipinski definition) is 4. The molecular weight excluding hydrogens is 230 g/mol. The molecule has 6 N–H and O–H groups in total. The highest BCUT2D eigenvalue weighted by Gasteiger charge is 2.24. The van der Waals surface area contributed by atoms with Gasteiger partial charge in [-0.25, -0.2) is 4.79 Å². The van der Waals surface area contributed by atoms with Crippen molar-refractivity contribution in [2.75, 3.05) is 13.7 Å². The second-order valence-electron chi connectivity index (χ2n) is 3.36. The Morgan fingerprint density at radius 3 is 2.35 bits per heavy atom. The molecule has 8 nitrogen and oxygen atoms in total. The van der Waals surface area contributed by atoms with Crippen molar-refractivity contribution in [2.45, 2.75) is 25.0 Å². The summed E-state index contributed by atoms with van der Waals surface area (Å²) in [5, 5.41) is 11.0.